The Morgan fingerprint density at radius 1 is 1.09 bits per heavy atom. The van der Waals surface area contributed by atoms with Crippen molar-refractivity contribution < 1.29 is 0 Å². The van der Waals surface area contributed by atoms with E-state index in [1.54, 1.807) is 0 Å². The highest BCUT2D eigenvalue weighted by Gasteiger charge is 2.27. The van der Waals surface area contributed by atoms with Crippen LogP contribution >= 0.6 is 0 Å². The van der Waals surface area contributed by atoms with Crippen molar-refractivity contribution in [3.05, 3.63) is 6.92 Å². The molecule has 2 rings (SSSR count). The third-order valence-electron chi connectivity index (χ3n) is 3.15. The molecule has 2 unspecified atom stereocenters. The van der Waals surface area contributed by atoms with Gasteiger partial charge in [-0.1, -0.05) is 6.42 Å². The fourth-order valence-electron chi connectivity index (χ4n) is 2.48. The highest BCUT2D eigenvalue weighted by molar-refractivity contribution is 4.84. The molecule has 2 atom stereocenters. The van der Waals surface area contributed by atoms with E-state index in [-0.39, 0.29) is 0 Å². The van der Waals surface area contributed by atoms with E-state index in [2.05, 4.69) is 11.8 Å². The van der Waals surface area contributed by atoms with Gasteiger partial charge in [-0.25, -0.2) is 0 Å². The molecule has 1 radical (unpaired) electrons. The van der Waals surface area contributed by atoms with Crippen LogP contribution in [0.4, 0.5) is 0 Å². The first-order chi connectivity index (χ1) is 5.36. The zero-order chi connectivity index (χ0) is 7.68. The molecule has 2 aliphatic heterocycles. The lowest BCUT2D eigenvalue weighted by Gasteiger charge is -2.41. The van der Waals surface area contributed by atoms with E-state index >= 15 is 0 Å². The van der Waals surface area contributed by atoms with Crippen molar-refractivity contribution in [3.63, 3.8) is 0 Å². The Balaban J connectivity index is 1.93. The van der Waals surface area contributed by atoms with E-state index < -0.39 is 0 Å². The largest absolute Gasteiger partial charge is 0.300 e. The Morgan fingerprint density at radius 2 is 2.00 bits per heavy atom. The summed E-state index contributed by atoms with van der Waals surface area (Å²) in [5, 5.41) is 0. The van der Waals surface area contributed by atoms with Gasteiger partial charge in [0.1, 0.15) is 0 Å². The van der Waals surface area contributed by atoms with Gasteiger partial charge in [-0.15, -0.1) is 0 Å². The Morgan fingerprint density at radius 3 is 2.91 bits per heavy atom. The molecule has 2 aliphatic rings. The minimum atomic E-state index is 0.712. The molecule has 2 fully saturated rings. The normalized spacial score (nSPS) is 40.1. The maximum Gasteiger partial charge on any atom is 0.00954 e. The number of nitrogens with zero attached hydrogens (tertiary/aromatic N) is 1. The van der Waals surface area contributed by atoms with Crippen LogP contribution in [0.15, 0.2) is 0 Å². The van der Waals surface area contributed by atoms with Crippen LogP contribution in [0.2, 0.25) is 0 Å². The van der Waals surface area contributed by atoms with Crippen molar-refractivity contribution in [3.8, 4) is 0 Å². The lowest BCUT2D eigenvalue weighted by Crippen LogP contribution is -2.45. The average Bonchev–Trinajstić information content (AvgIpc) is 2.04. The molecule has 0 aromatic heterocycles. The van der Waals surface area contributed by atoms with Crippen LogP contribution in [-0.4, -0.2) is 24.0 Å². The summed E-state index contributed by atoms with van der Waals surface area (Å²) in [6.45, 7) is 6.76. The molecule has 11 heavy (non-hydrogen) atoms. The van der Waals surface area contributed by atoms with E-state index in [0.29, 0.717) is 5.92 Å². The monoisotopic (exact) mass is 152 g/mol. The lowest BCUT2D eigenvalue weighted by atomic mass is 9.88. The van der Waals surface area contributed by atoms with E-state index in [1.807, 2.05) is 0 Å². The van der Waals surface area contributed by atoms with E-state index in [4.69, 9.17) is 0 Å². The van der Waals surface area contributed by atoms with Gasteiger partial charge in [0, 0.05) is 12.6 Å². The van der Waals surface area contributed by atoms with Gasteiger partial charge in [0.25, 0.3) is 0 Å². The third-order valence-corrected chi connectivity index (χ3v) is 3.15. The van der Waals surface area contributed by atoms with E-state index in [1.165, 1.54) is 45.2 Å². The van der Waals surface area contributed by atoms with Gasteiger partial charge in [0.15, 0.2) is 0 Å². The quantitative estimate of drug-likeness (QED) is 0.513. The molecule has 0 bridgehead atoms. The van der Waals surface area contributed by atoms with Crippen LogP contribution in [0.5, 0.6) is 0 Å². The molecule has 0 N–H and O–H groups in total. The molecule has 0 saturated carbocycles. The second kappa shape index (κ2) is 3.14. The smallest absolute Gasteiger partial charge is 0.00954 e. The summed E-state index contributed by atoms with van der Waals surface area (Å²) in [4.78, 5) is 2.66. The second-order valence-corrected chi connectivity index (χ2v) is 4.09. The summed E-state index contributed by atoms with van der Waals surface area (Å²) in [6, 6.07) is 0.932. The molecule has 2 saturated heterocycles. The number of hydrogen-bond donors (Lipinski definition) is 0. The van der Waals surface area contributed by atoms with Crippen LogP contribution in [0.25, 0.3) is 0 Å². The van der Waals surface area contributed by atoms with E-state index in [9.17, 15) is 0 Å². The number of rotatable bonds is 0. The SMILES string of the molecule is [CH2]C1CCC2CCCCN2C1. The van der Waals surface area contributed by atoms with Crippen molar-refractivity contribution in [2.75, 3.05) is 13.1 Å². The molecule has 0 aromatic carbocycles. The Labute approximate surface area is 69.8 Å². The Bertz CT molecular complexity index is 133. The first-order valence-corrected chi connectivity index (χ1v) is 4.93. The number of hydrogen-bond acceptors (Lipinski definition) is 1. The maximum atomic E-state index is 4.15. The van der Waals surface area contributed by atoms with Crippen LogP contribution in [0.1, 0.15) is 32.1 Å². The highest BCUT2D eigenvalue weighted by Crippen LogP contribution is 2.28. The lowest BCUT2D eigenvalue weighted by molar-refractivity contribution is 0.0878. The molecule has 0 aliphatic carbocycles. The van der Waals surface area contributed by atoms with Gasteiger partial charge in [0.2, 0.25) is 0 Å². The summed E-state index contributed by atoms with van der Waals surface area (Å²) in [5.41, 5.74) is 0. The zero-order valence-electron chi connectivity index (χ0n) is 7.26. The molecule has 0 aromatic rings. The topological polar surface area (TPSA) is 3.24 Å². The predicted molar refractivity (Wildman–Crippen MR) is 47.3 cm³/mol. The summed E-state index contributed by atoms with van der Waals surface area (Å²) in [7, 11) is 0. The van der Waals surface area contributed by atoms with Gasteiger partial charge < -0.3 is 4.90 Å². The minimum Gasteiger partial charge on any atom is -0.300 e. The molecule has 63 valence electrons. The number of fused-ring (bicyclic) bond motifs is 1. The number of piperidine rings is 2. The van der Waals surface area contributed by atoms with Crippen molar-refractivity contribution in [2.24, 2.45) is 5.92 Å². The minimum absolute atomic E-state index is 0.712. The van der Waals surface area contributed by atoms with Gasteiger partial charge in [-0.05, 0) is 45.1 Å². The second-order valence-electron chi connectivity index (χ2n) is 4.09. The first-order valence-electron chi connectivity index (χ1n) is 4.93. The molecular formula is C10H18N. The summed E-state index contributed by atoms with van der Waals surface area (Å²) in [5.74, 6) is 0.712. The Hall–Kier alpha value is -0.0400. The van der Waals surface area contributed by atoms with Crippen molar-refractivity contribution in [2.45, 2.75) is 38.1 Å². The van der Waals surface area contributed by atoms with Crippen LogP contribution in [0.3, 0.4) is 0 Å². The van der Waals surface area contributed by atoms with Gasteiger partial charge in [-0.3, -0.25) is 0 Å². The molecule has 1 heteroatoms. The molecule has 1 nitrogen and oxygen atoms in total. The van der Waals surface area contributed by atoms with Crippen molar-refractivity contribution in [1.82, 2.24) is 4.90 Å². The first kappa shape index (κ1) is 7.60. The fourth-order valence-corrected chi connectivity index (χ4v) is 2.48. The third kappa shape index (κ3) is 1.58. The van der Waals surface area contributed by atoms with Gasteiger partial charge in [0.05, 0.1) is 0 Å². The molecule has 0 amide bonds. The highest BCUT2D eigenvalue weighted by atomic mass is 15.2. The Kier molecular flexibility index (Phi) is 2.17. The van der Waals surface area contributed by atoms with Crippen LogP contribution in [-0.2, 0) is 0 Å². The molecular weight excluding hydrogens is 134 g/mol. The maximum absolute atomic E-state index is 4.15. The zero-order valence-corrected chi connectivity index (χ0v) is 7.26. The molecule has 2 heterocycles. The predicted octanol–water partition coefficient (Wildman–Crippen LogP) is 2.08. The summed E-state index contributed by atoms with van der Waals surface area (Å²) in [6.07, 6.45) is 7.11. The average molecular weight is 152 g/mol. The van der Waals surface area contributed by atoms with Crippen LogP contribution in [0, 0.1) is 12.8 Å². The van der Waals surface area contributed by atoms with Gasteiger partial charge in [-0.2, -0.15) is 0 Å². The summed E-state index contributed by atoms with van der Waals surface area (Å²) < 4.78 is 0. The van der Waals surface area contributed by atoms with Crippen molar-refractivity contribution >= 4 is 0 Å². The standard InChI is InChI=1S/C10H18N/c1-9-5-6-10-4-2-3-7-11(10)8-9/h9-10H,1-8H2. The van der Waals surface area contributed by atoms with Crippen molar-refractivity contribution in [1.29, 1.82) is 0 Å². The fraction of sp³-hybridized carbons (Fsp3) is 0.900. The van der Waals surface area contributed by atoms with E-state index in [0.717, 1.165) is 6.04 Å². The van der Waals surface area contributed by atoms with Crippen LogP contribution < -0.4 is 0 Å². The molecule has 0 spiro atoms. The summed E-state index contributed by atoms with van der Waals surface area (Å²) >= 11 is 0. The van der Waals surface area contributed by atoms with Gasteiger partial charge >= 0.3 is 0 Å².